The van der Waals surface area contributed by atoms with Gasteiger partial charge >= 0.3 is 18.3 Å². The number of anilines is 1. The van der Waals surface area contributed by atoms with Crippen molar-refractivity contribution in [3.05, 3.63) is 29.0 Å². The maximum atomic E-state index is 12.8. The Kier molecular flexibility index (Phi) is 3.92. The molecule has 1 N–H and O–H groups in total. The van der Waals surface area contributed by atoms with E-state index in [1.54, 1.807) is 0 Å². The van der Waals surface area contributed by atoms with Crippen LogP contribution in [0.3, 0.4) is 0 Å². The Hall–Kier alpha value is -1.37. The summed E-state index contributed by atoms with van der Waals surface area (Å²) in [5.74, 6) is -7.97. The van der Waals surface area contributed by atoms with Gasteiger partial charge < -0.3 is 5.32 Å². The Morgan fingerprint density at radius 3 is 2.35 bits per heavy atom. The van der Waals surface area contributed by atoms with Gasteiger partial charge in [-0.05, 0) is 18.2 Å². The lowest BCUT2D eigenvalue weighted by Crippen LogP contribution is -2.41. The van der Waals surface area contributed by atoms with Gasteiger partial charge in [-0.2, -0.15) is 8.78 Å². The fourth-order valence-corrected chi connectivity index (χ4v) is 1.16. The van der Waals surface area contributed by atoms with E-state index in [2.05, 4.69) is 0 Å². The third kappa shape index (κ3) is 3.29. The minimum atomic E-state index is -4.85. The molecule has 0 aliphatic rings. The van der Waals surface area contributed by atoms with Crippen molar-refractivity contribution in [1.29, 1.82) is 0 Å². The number of halogens is 6. The summed E-state index contributed by atoms with van der Waals surface area (Å²) in [6, 6.07) is 2.48. The lowest BCUT2D eigenvalue weighted by molar-refractivity contribution is -0.163. The van der Waals surface area contributed by atoms with E-state index in [1.807, 2.05) is 0 Å². The van der Waals surface area contributed by atoms with Gasteiger partial charge in [0.05, 0.1) is 0 Å². The molecule has 0 bridgehead atoms. The van der Waals surface area contributed by atoms with Crippen LogP contribution in [0.25, 0.3) is 0 Å². The Morgan fingerprint density at radius 1 is 1.29 bits per heavy atom. The van der Waals surface area contributed by atoms with Gasteiger partial charge in [0.2, 0.25) is 0 Å². The van der Waals surface area contributed by atoms with Gasteiger partial charge in [0, 0.05) is 10.7 Å². The molecule has 0 fully saturated rings. The first-order chi connectivity index (χ1) is 7.73. The summed E-state index contributed by atoms with van der Waals surface area (Å²) >= 11 is 5.38. The molecule has 1 amide bonds. The van der Waals surface area contributed by atoms with Crippen molar-refractivity contribution in [2.75, 3.05) is 5.32 Å². The highest BCUT2D eigenvalue weighted by Gasteiger charge is 2.48. The molecule has 0 spiro atoms. The SMILES string of the molecule is O=C(Nc1cc(F)cc(Cl)c1)C(F)(F)C(F)F. The van der Waals surface area contributed by atoms with Crippen molar-refractivity contribution < 1.29 is 26.7 Å². The van der Waals surface area contributed by atoms with Crippen molar-refractivity contribution >= 4 is 23.2 Å². The molecule has 0 atom stereocenters. The van der Waals surface area contributed by atoms with Crippen LogP contribution >= 0.6 is 11.6 Å². The number of nitrogens with one attached hydrogen (secondary N) is 1. The van der Waals surface area contributed by atoms with Crippen LogP contribution in [0, 0.1) is 5.82 Å². The number of hydrogen-bond donors (Lipinski definition) is 1. The monoisotopic (exact) mass is 273 g/mol. The van der Waals surface area contributed by atoms with Crippen LogP contribution in [0.5, 0.6) is 0 Å². The van der Waals surface area contributed by atoms with Crippen molar-refractivity contribution in [2.45, 2.75) is 12.3 Å². The molecule has 94 valence electrons. The van der Waals surface area contributed by atoms with E-state index in [9.17, 15) is 26.7 Å². The molecule has 1 aromatic rings. The number of carbonyl (C=O) groups is 1. The topological polar surface area (TPSA) is 29.1 Å². The molecule has 17 heavy (non-hydrogen) atoms. The zero-order valence-electron chi connectivity index (χ0n) is 7.99. The molecule has 0 heterocycles. The first kappa shape index (κ1) is 13.7. The Bertz CT molecular complexity index is 417. The quantitative estimate of drug-likeness (QED) is 0.841. The summed E-state index contributed by atoms with van der Waals surface area (Å²) < 4.78 is 61.5. The van der Waals surface area contributed by atoms with Crippen molar-refractivity contribution in [2.24, 2.45) is 0 Å². The highest BCUT2D eigenvalue weighted by molar-refractivity contribution is 6.30. The fraction of sp³-hybridized carbons (Fsp3) is 0.222. The largest absolute Gasteiger partial charge is 0.383 e. The van der Waals surface area contributed by atoms with Crippen LogP contribution in [0.1, 0.15) is 0 Å². The second-order valence-corrected chi connectivity index (χ2v) is 3.47. The molecule has 0 aliphatic carbocycles. The molecule has 0 saturated heterocycles. The van der Waals surface area contributed by atoms with Crippen molar-refractivity contribution in [3.63, 3.8) is 0 Å². The minimum absolute atomic E-state index is 0.166. The number of carbonyl (C=O) groups excluding carboxylic acids is 1. The molecular weight excluding hydrogens is 269 g/mol. The van der Waals surface area contributed by atoms with Crippen molar-refractivity contribution in [1.82, 2.24) is 0 Å². The van der Waals surface area contributed by atoms with E-state index < -0.39 is 29.8 Å². The van der Waals surface area contributed by atoms with Gasteiger partial charge in [-0.15, -0.1) is 0 Å². The Labute approximate surface area is 97.4 Å². The first-order valence-electron chi connectivity index (χ1n) is 4.17. The predicted octanol–water partition coefficient (Wildman–Crippen LogP) is 3.32. The highest BCUT2D eigenvalue weighted by Crippen LogP contribution is 2.25. The maximum absolute atomic E-state index is 12.8. The van der Waals surface area contributed by atoms with Gasteiger partial charge in [0.25, 0.3) is 0 Å². The van der Waals surface area contributed by atoms with Crippen LogP contribution in [-0.2, 0) is 4.79 Å². The van der Waals surface area contributed by atoms with Gasteiger partial charge in [-0.25, -0.2) is 13.2 Å². The van der Waals surface area contributed by atoms with Crippen LogP contribution in [0.15, 0.2) is 18.2 Å². The van der Waals surface area contributed by atoms with Crippen LogP contribution in [-0.4, -0.2) is 18.3 Å². The normalized spacial score (nSPS) is 11.7. The molecule has 2 nitrogen and oxygen atoms in total. The highest BCUT2D eigenvalue weighted by atomic mass is 35.5. The molecule has 8 heteroatoms. The number of hydrogen-bond acceptors (Lipinski definition) is 1. The van der Waals surface area contributed by atoms with Crippen LogP contribution < -0.4 is 5.32 Å². The summed E-state index contributed by atoms with van der Waals surface area (Å²) in [5, 5.41) is 1.29. The standard InChI is InChI=1S/C9H5ClF5NO/c10-4-1-5(11)3-6(2-4)16-8(17)9(14,15)7(12)13/h1-3,7H,(H,16,17). The zero-order valence-corrected chi connectivity index (χ0v) is 8.74. The second kappa shape index (κ2) is 4.87. The van der Waals surface area contributed by atoms with Gasteiger partial charge in [0.1, 0.15) is 5.82 Å². The molecule has 0 saturated carbocycles. The van der Waals surface area contributed by atoms with Crippen LogP contribution in [0.2, 0.25) is 5.02 Å². The van der Waals surface area contributed by atoms with E-state index >= 15 is 0 Å². The summed E-state index contributed by atoms with van der Waals surface area (Å²) in [4.78, 5) is 10.8. The number of rotatable bonds is 3. The zero-order chi connectivity index (χ0) is 13.2. The molecule has 0 radical (unpaired) electrons. The lowest BCUT2D eigenvalue weighted by Gasteiger charge is -2.14. The predicted molar refractivity (Wildman–Crippen MR) is 51.0 cm³/mol. The summed E-state index contributed by atoms with van der Waals surface area (Å²) in [7, 11) is 0. The number of benzene rings is 1. The Morgan fingerprint density at radius 2 is 1.88 bits per heavy atom. The third-order valence-electron chi connectivity index (χ3n) is 1.70. The fourth-order valence-electron chi connectivity index (χ4n) is 0.940. The smallest absolute Gasteiger partial charge is 0.320 e. The van der Waals surface area contributed by atoms with Gasteiger partial charge in [-0.3, -0.25) is 4.79 Å². The van der Waals surface area contributed by atoms with E-state index in [-0.39, 0.29) is 5.02 Å². The molecule has 1 aromatic carbocycles. The average molecular weight is 274 g/mol. The molecule has 0 aromatic heterocycles. The molecule has 1 rings (SSSR count). The summed E-state index contributed by atoms with van der Waals surface area (Å²) in [6.45, 7) is 0. The van der Waals surface area contributed by atoms with E-state index in [0.717, 1.165) is 12.1 Å². The number of alkyl halides is 4. The number of amides is 1. The minimum Gasteiger partial charge on any atom is -0.320 e. The average Bonchev–Trinajstić information content (AvgIpc) is 2.15. The lowest BCUT2D eigenvalue weighted by atomic mass is 10.2. The maximum Gasteiger partial charge on any atom is 0.383 e. The second-order valence-electron chi connectivity index (χ2n) is 3.04. The van der Waals surface area contributed by atoms with Gasteiger partial charge in [0.15, 0.2) is 0 Å². The van der Waals surface area contributed by atoms with E-state index in [0.29, 0.717) is 6.07 Å². The van der Waals surface area contributed by atoms with E-state index in [4.69, 9.17) is 11.6 Å². The molecule has 0 aliphatic heterocycles. The Balaban J connectivity index is 2.88. The third-order valence-corrected chi connectivity index (χ3v) is 1.92. The molecular formula is C9H5ClF5NO. The van der Waals surface area contributed by atoms with Gasteiger partial charge in [-0.1, -0.05) is 11.6 Å². The van der Waals surface area contributed by atoms with Crippen molar-refractivity contribution in [3.8, 4) is 0 Å². The van der Waals surface area contributed by atoms with E-state index in [1.165, 1.54) is 5.32 Å². The van der Waals surface area contributed by atoms with Crippen LogP contribution in [0.4, 0.5) is 27.6 Å². The summed E-state index contributed by atoms with van der Waals surface area (Å²) in [5.41, 5.74) is -0.430. The molecule has 0 unspecified atom stereocenters. The summed E-state index contributed by atoms with van der Waals surface area (Å²) in [6.07, 6.45) is -4.15. The first-order valence-corrected chi connectivity index (χ1v) is 4.55.